The number of carbonyl (C=O) groups excluding carboxylic acids is 2. The van der Waals surface area contributed by atoms with Crippen molar-refractivity contribution in [3.05, 3.63) is 54.0 Å². The molecule has 0 fully saturated rings. The average Bonchev–Trinajstić information content (AvgIpc) is 3.03. The van der Waals surface area contributed by atoms with Gasteiger partial charge in [0.05, 0.1) is 24.1 Å². The van der Waals surface area contributed by atoms with E-state index in [1.54, 1.807) is 12.1 Å². The number of furan rings is 1. The highest BCUT2D eigenvalue weighted by molar-refractivity contribution is 5.98. The van der Waals surface area contributed by atoms with Gasteiger partial charge in [0.1, 0.15) is 12.3 Å². The first-order valence-electron chi connectivity index (χ1n) is 7.02. The molecule has 1 aromatic carbocycles. The fourth-order valence-corrected chi connectivity index (χ4v) is 2.11. The first kappa shape index (κ1) is 17.6. The van der Waals surface area contributed by atoms with E-state index in [0.717, 1.165) is 24.0 Å². The quantitative estimate of drug-likeness (QED) is 0.910. The Hall–Kier alpha value is -2.77. The molecule has 0 aliphatic heterocycles. The molecule has 24 heavy (non-hydrogen) atoms. The first-order valence-corrected chi connectivity index (χ1v) is 7.02. The second-order valence-electron chi connectivity index (χ2n) is 4.98. The van der Waals surface area contributed by atoms with Crippen LogP contribution in [-0.4, -0.2) is 18.4 Å². The number of para-hydroxylation sites is 1. The molecule has 2 aromatic rings. The SMILES string of the molecule is CC(=O)N(CC(=O)NCc1ccco1)c1ccccc1C(F)(F)F. The van der Waals surface area contributed by atoms with E-state index < -0.39 is 30.1 Å². The minimum absolute atomic E-state index is 0.0818. The molecule has 1 aromatic heterocycles. The Labute approximate surface area is 136 Å². The van der Waals surface area contributed by atoms with Gasteiger partial charge in [0, 0.05) is 6.92 Å². The molecule has 0 radical (unpaired) electrons. The predicted molar refractivity (Wildman–Crippen MR) is 80.0 cm³/mol. The van der Waals surface area contributed by atoms with Gasteiger partial charge in [0.2, 0.25) is 11.8 Å². The molecule has 0 saturated heterocycles. The zero-order chi connectivity index (χ0) is 17.7. The molecule has 5 nitrogen and oxygen atoms in total. The molecule has 0 aliphatic carbocycles. The van der Waals surface area contributed by atoms with Crippen molar-refractivity contribution in [1.82, 2.24) is 5.32 Å². The summed E-state index contributed by atoms with van der Waals surface area (Å²) in [6, 6.07) is 7.91. The second kappa shape index (κ2) is 7.20. The van der Waals surface area contributed by atoms with Crippen LogP contribution in [0, 0.1) is 0 Å². The zero-order valence-electron chi connectivity index (χ0n) is 12.8. The monoisotopic (exact) mass is 340 g/mol. The number of hydrogen-bond donors (Lipinski definition) is 1. The number of rotatable bonds is 5. The Morgan fingerprint density at radius 1 is 1.17 bits per heavy atom. The van der Waals surface area contributed by atoms with Crippen LogP contribution in [0.3, 0.4) is 0 Å². The van der Waals surface area contributed by atoms with E-state index in [-0.39, 0.29) is 12.2 Å². The van der Waals surface area contributed by atoms with Crippen molar-refractivity contribution >= 4 is 17.5 Å². The number of nitrogens with zero attached hydrogens (tertiary/aromatic N) is 1. The first-order chi connectivity index (χ1) is 11.3. The van der Waals surface area contributed by atoms with Gasteiger partial charge >= 0.3 is 6.18 Å². The van der Waals surface area contributed by atoms with Crippen LogP contribution in [0.5, 0.6) is 0 Å². The molecular formula is C16H15F3N2O3. The van der Waals surface area contributed by atoms with Crippen molar-refractivity contribution in [2.75, 3.05) is 11.4 Å². The van der Waals surface area contributed by atoms with Crippen molar-refractivity contribution in [1.29, 1.82) is 0 Å². The maximum absolute atomic E-state index is 13.1. The number of hydrogen-bond acceptors (Lipinski definition) is 3. The third-order valence-electron chi connectivity index (χ3n) is 3.22. The molecule has 2 rings (SSSR count). The van der Waals surface area contributed by atoms with Crippen LogP contribution in [-0.2, 0) is 22.3 Å². The molecule has 0 atom stereocenters. The summed E-state index contributed by atoms with van der Waals surface area (Å²) < 4.78 is 44.3. The van der Waals surface area contributed by atoms with Crippen LogP contribution in [0.4, 0.5) is 18.9 Å². The van der Waals surface area contributed by atoms with Crippen LogP contribution in [0.15, 0.2) is 47.1 Å². The van der Waals surface area contributed by atoms with Gasteiger partial charge in [-0.3, -0.25) is 9.59 Å². The van der Waals surface area contributed by atoms with Crippen LogP contribution < -0.4 is 10.2 Å². The number of halogens is 3. The van der Waals surface area contributed by atoms with E-state index in [1.165, 1.54) is 18.4 Å². The van der Waals surface area contributed by atoms with Crippen LogP contribution in [0.1, 0.15) is 18.2 Å². The third-order valence-corrected chi connectivity index (χ3v) is 3.22. The number of carbonyl (C=O) groups is 2. The minimum atomic E-state index is -4.63. The molecule has 0 unspecified atom stereocenters. The fourth-order valence-electron chi connectivity index (χ4n) is 2.11. The largest absolute Gasteiger partial charge is 0.467 e. The van der Waals surface area contributed by atoms with Crippen molar-refractivity contribution in [3.63, 3.8) is 0 Å². The van der Waals surface area contributed by atoms with Gasteiger partial charge in [0.15, 0.2) is 0 Å². The molecule has 1 heterocycles. The van der Waals surface area contributed by atoms with Crippen molar-refractivity contribution in [2.24, 2.45) is 0 Å². The summed E-state index contributed by atoms with van der Waals surface area (Å²) >= 11 is 0. The van der Waals surface area contributed by atoms with Gasteiger partial charge in [-0.2, -0.15) is 13.2 Å². The van der Waals surface area contributed by atoms with Gasteiger partial charge < -0.3 is 14.6 Å². The molecule has 0 bridgehead atoms. The Morgan fingerprint density at radius 2 is 1.88 bits per heavy atom. The lowest BCUT2D eigenvalue weighted by Gasteiger charge is -2.24. The van der Waals surface area contributed by atoms with Crippen molar-refractivity contribution in [3.8, 4) is 0 Å². The number of anilines is 1. The van der Waals surface area contributed by atoms with E-state index in [9.17, 15) is 22.8 Å². The summed E-state index contributed by atoms with van der Waals surface area (Å²) in [7, 11) is 0. The number of amides is 2. The summed E-state index contributed by atoms with van der Waals surface area (Å²) in [4.78, 5) is 24.5. The predicted octanol–water partition coefficient (Wildman–Crippen LogP) is 2.97. The molecule has 0 aliphatic rings. The lowest BCUT2D eigenvalue weighted by Crippen LogP contribution is -2.40. The Balaban J connectivity index is 2.15. The molecule has 8 heteroatoms. The summed E-state index contributed by atoms with van der Waals surface area (Å²) in [6.45, 7) is 0.661. The topological polar surface area (TPSA) is 62.6 Å². The van der Waals surface area contributed by atoms with Crippen LogP contribution in [0.25, 0.3) is 0 Å². The zero-order valence-corrected chi connectivity index (χ0v) is 12.8. The normalized spacial score (nSPS) is 11.2. The summed E-state index contributed by atoms with van der Waals surface area (Å²) in [5.74, 6) is -0.771. The van der Waals surface area contributed by atoms with Gasteiger partial charge in [-0.25, -0.2) is 0 Å². The molecule has 2 amide bonds. The minimum Gasteiger partial charge on any atom is -0.467 e. The highest BCUT2D eigenvalue weighted by atomic mass is 19.4. The van der Waals surface area contributed by atoms with E-state index in [1.807, 2.05) is 0 Å². The Kier molecular flexibility index (Phi) is 5.28. The lowest BCUT2D eigenvalue weighted by molar-refractivity contribution is -0.137. The fraction of sp³-hybridized carbons (Fsp3) is 0.250. The highest BCUT2D eigenvalue weighted by Crippen LogP contribution is 2.36. The molecule has 0 spiro atoms. The van der Waals surface area contributed by atoms with E-state index in [2.05, 4.69) is 5.32 Å². The molecule has 0 saturated carbocycles. The van der Waals surface area contributed by atoms with Gasteiger partial charge in [-0.1, -0.05) is 12.1 Å². The van der Waals surface area contributed by atoms with E-state index >= 15 is 0 Å². The highest BCUT2D eigenvalue weighted by Gasteiger charge is 2.35. The third kappa shape index (κ3) is 4.37. The summed E-state index contributed by atoms with van der Waals surface area (Å²) in [5, 5.41) is 2.49. The maximum atomic E-state index is 13.1. The van der Waals surface area contributed by atoms with Gasteiger partial charge in [-0.15, -0.1) is 0 Å². The van der Waals surface area contributed by atoms with Crippen LogP contribution in [0.2, 0.25) is 0 Å². The summed E-state index contributed by atoms with van der Waals surface area (Å²) in [5.41, 5.74) is -1.33. The van der Waals surface area contributed by atoms with Crippen molar-refractivity contribution in [2.45, 2.75) is 19.6 Å². The number of nitrogens with one attached hydrogen (secondary N) is 1. The lowest BCUT2D eigenvalue weighted by atomic mass is 10.1. The Bertz CT molecular complexity index is 712. The molecule has 1 N–H and O–H groups in total. The number of alkyl halides is 3. The second-order valence-corrected chi connectivity index (χ2v) is 4.98. The van der Waals surface area contributed by atoms with Crippen LogP contribution >= 0.6 is 0 Å². The summed E-state index contributed by atoms with van der Waals surface area (Å²) in [6.07, 6.45) is -3.20. The molecule has 128 valence electrons. The van der Waals surface area contributed by atoms with E-state index in [4.69, 9.17) is 4.42 Å². The number of benzene rings is 1. The maximum Gasteiger partial charge on any atom is 0.418 e. The van der Waals surface area contributed by atoms with Gasteiger partial charge in [-0.05, 0) is 24.3 Å². The average molecular weight is 340 g/mol. The smallest absolute Gasteiger partial charge is 0.418 e. The van der Waals surface area contributed by atoms with E-state index in [0.29, 0.717) is 5.76 Å². The van der Waals surface area contributed by atoms with Crippen molar-refractivity contribution < 1.29 is 27.2 Å². The standard InChI is InChI=1S/C16H15F3N2O3/c1-11(22)21(10-15(23)20-9-12-5-4-8-24-12)14-7-3-2-6-13(14)16(17,18)19/h2-8H,9-10H2,1H3,(H,20,23). The van der Waals surface area contributed by atoms with Gasteiger partial charge in [0.25, 0.3) is 0 Å². The molecular weight excluding hydrogens is 325 g/mol. The Morgan fingerprint density at radius 3 is 2.46 bits per heavy atom.